The molecule has 0 aliphatic rings. The first-order chi connectivity index (χ1) is 12.5. The molecule has 0 aliphatic heterocycles. The fourth-order valence-corrected chi connectivity index (χ4v) is 2.64. The summed E-state index contributed by atoms with van der Waals surface area (Å²) in [6, 6.07) is 13.6. The van der Waals surface area contributed by atoms with Crippen molar-refractivity contribution in [1.29, 1.82) is 0 Å². The molecule has 26 heavy (non-hydrogen) atoms. The van der Waals surface area contributed by atoms with Crippen LogP contribution in [-0.2, 0) is 22.6 Å². The van der Waals surface area contributed by atoms with Gasteiger partial charge in [0.05, 0.1) is 13.0 Å². The smallest absolute Gasteiger partial charge is 0.227 e. The lowest BCUT2D eigenvalue weighted by Crippen LogP contribution is -2.29. The van der Waals surface area contributed by atoms with E-state index in [-0.39, 0.29) is 17.6 Å². The summed E-state index contributed by atoms with van der Waals surface area (Å²) in [6.45, 7) is 4.78. The van der Waals surface area contributed by atoms with E-state index >= 15 is 0 Å². The fourth-order valence-electron chi connectivity index (χ4n) is 2.64. The summed E-state index contributed by atoms with van der Waals surface area (Å²) in [6.07, 6.45) is 1.57. The minimum Gasteiger partial charge on any atom is -0.356 e. The zero-order chi connectivity index (χ0) is 18.9. The quantitative estimate of drug-likeness (QED) is 0.781. The van der Waals surface area contributed by atoms with Gasteiger partial charge in [-0.15, -0.1) is 0 Å². The van der Waals surface area contributed by atoms with E-state index in [9.17, 15) is 14.0 Å². The Morgan fingerprint density at radius 3 is 2.38 bits per heavy atom. The van der Waals surface area contributed by atoms with Crippen molar-refractivity contribution in [2.75, 3.05) is 11.4 Å². The molecule has 138 valence electrons. The van der Waals surface area contributed by atoms with Gasteiger partial charge in [0.2, 0.25) is 11.8 Å². The van der Waals surface area contributed by atoms with Crippen LogP contribution in [0.15, 0.2) is 48.5 Å². The highest BCUT2D eigenvalue weighted by Crippen LogP contribution is 2.20. The first-order valence-electron chi connectivity index (χ1n) is 8.94. The zero-order valence-electron chi connectivity index (χ0n) is 15.3. The maximum absolute atomic E-state index is 13.4. The number of hydrogen-bond donors (Lipinski definition) is 1. The molecule has 2 aromatic rings. The lowest BCUT2D eigenvalue weighted by molar-refractivity contribution is -0.120. The monoisotopic (exact) mass is 356 g/mol. The molecule has 0 spiro atoms. The standard InChI is InChI=1S/C21H25FN2O2/c1-3-12-23-20(25)14-16-8-10-19(11-9-16)24(21(26)4-2)15-17-6-5-7-18(22)13-17/h5-11,13H,3-4,12,14-15H2,1-2H3,(H,23,25). The van der Waals surface area contributed by atoms with Gasteiger partial charge >= 0.3 is 0 Å². The number of amides is 2. The second kappa shape index (κ2) is 9.70. The van der Waals surface area contributed by atoms with Crippen LogP contribution >= 0.6 is 0 Å². The van der Waals surface area contributed by atoms with E-state index in [4.69, 9.17) is 0 Å². The van der Waals surface area contributed by atoms with Crippen LogP contribution in [0.4, 0.5) is 10.1 Å². The molecular formula is C21H25FN2O2. The van der Waals surface area contributed by atoms with E-state index in [1.165, 1.54) is 12.1 Å². The topological polar surface area (TPSA) is 49.4 Å². The molecule has 0 atom stereocenters. The molecule has 0 heterocycles. The number of anilines is 1. The highest BCUT2D eigenvalue weighted by atomic mass is 19.1. The van der Waals surface area contributed by atoms with Crippen molar-refractivity contribution >= 4 is 17.5 Å². The fraction of sp³-hybridized carbons (Fsp3) is 0.333. The molecule has 2 aromatic carbocycles. The first kappa shape index (κ1) is 19.6. The van der Waals surface area contributed by atoms with Crippen molar-refractivity contribution in [2.45, 2.75) is 39.7 Å². The summed E-state index contributed by atoms with van der Waals surface area (Å²) >= 11 is 0. The van der Waals surface area contributed by atoms with Crippen LogP contribution in [0.5, 0.6) is 0 Å². The van der Waals surface area contributed by atoms with Gasteiger partial charge in [-0.05, 0) is 41.8 Å². The largest absolute Gasteiger partial charge is 0.356 e. The van der Waals surface area contributed by atoms with Crippen LogP contribution in [-0.4, -0.2) is 18.4 Å². The second-order valence-electron chi connectivity index (χ2n) is 6.16. The lowest BCUT2D eigenvalue weighted by Gasteiger charge is -2.23. The summed E-state index contributed by atoms with van der Waals surface area (Å²) in [5, 5.41) is 2.84. The zero-order valence-corrected chi connectivity index (χ0v) is 15.3. The summed E-state index contributed by atoms with van der Waals surface area (Å²) in [5.74, 6) is -0.372. The van der Waals surface area contributed by atoms with Gasteiger partial charge in [-0.3, -0.25) is 9.59 Å². The summed E-state index contributed by atoms with van der Waals surface area (Å²) in [5.41, 5.74) is 2.35. The summed E-state index contributed by atoms with van der Waals surface area (Å²) in [7, 11) is 0. The minimum absolute atomic E-state index is 0.0131. The molecule has 4 nitrogen and oxygen atoms in total. The van der Waals surface area contributed by atoms with Gasteiger partial charge in [-0.2, -0.15) is 0 Å². The Balaban J connectivity index is 2.13. The van der Waals surface area contributed by atoms with Crippen molar-refractivity contribution in [1.82, 2.24) is 5.32 Å². The number of rotatable bonds is 8. The Morgan fingerprint density at radius 2 is 1.77 bits per heavy atom. The molecule has 0 saturated heterocycles. The van der Waals surface area contributed by atoms with Gasteiger partial charge in [0.1, 0.15) is 5.82 Å². The molecular weight excluding hydrogens is 331 g/mol. The molecule has 0 aromatic heterocycles. The van der Waals surface area contributed by atoms with E-state index in [0.717, 1.165) is 23.2 Å². The van der Waals surface area contributed by atoms with Crippen molar-refractivity contribution in [2.24, 2.45) is 0 Å². The molecule has 5 heteroatoms. The molecule has 1 N–H and O–H groups in total. The molecule has 0 radical (unpaired) electrons. The number of halogens is 1. The molecule has 0 saturated carbocycles. The van der Waals surface area contributed by atoms with E-state index in [1.54, 1.807) is 24.0 Å². The van der Waals surface area contributed by atoms with Crippen LogP contribution in [0.25, 0.3) is 0 Å². The van der Waals surface area contributed by atoms with Gasteiger partial charge in [0, 0.05) is 18.7 Å². The SMILES string of the molecule is CCCNC(=O)Cc1ccc(N(Cc2cccc(F)c2)C(=O)CC)cc1. The van der Waals surface area contributed by atoms with Crippen LogP contribution in [0.1, 0.15) is 37.8 Å². The maximum atomic E-state index is 13.4. The predicted molar refractivity (Wildman–Crippen MR) is 101 cm³/mol. The Hall–Kier alpha value is -2.69. The Bertz CT molecular complexity index is 744. The number of hydrogen-bond acceptors (Lipinski definition) is 2. The Morgan fingerprint density at radius 1 is 1.04 bits per heavy atom. The normalized spacial score (nSPS) is 10.4. The van der Waals surface area contributed by atoms with Crippen LogP contribution in [0.3, 0.4) is 0 Å². The van der Waals surface area contributed by atoms with Gasteiger partial charge in [-0.1, -0.05) is 38.1 Å². The van der Waals surface area contributed by atoms with E-state index < -0.39 is 0 Å². The van der Waals surface area contributed by atoms with Crippen molar-refractivity contribution < 1.29 is 14.0 Å². The third-order valence-electron chi connectivity index (χ3n) is 4.02. The predicted octanol–water partition coefficient (Wildman–Crippen LogP) is 3.84. The third-order valence-corrected chi connectivity index (χ3v) is 4.02. The number of carbonyl (C=O) groups excluding carboxylic acids is 2. The van der Waals surface area contributed by atoms with Gasteiger partial charge in [-0.25, -0.2) is 4.39 Å². The van der Waals surface area contributed by atoms with Crippen molar-refractivity contribution in [3.8, 4) is 0 Å². The average Bonchev–Trinajstić information content (AvgIpc) is 2.64. The Kier molecular flexibility index (Phi) is 7.33. The molecule has 0 aliphatic carbocycles. The number of nitrogens with zero attached hydrogens (tertiary/aromatic N) is 1. The minimum atomic E-state index is -0.320. The average molecular weight is 356 g/mol. The van der Waals surface area contributed by atoms with Gasteiger partial charge < -0.3 is 10.2 Å². The van der Waals surface area contributed by atoms with Gasteiger partial charge in [0.25, 0.3) is 0 Å². The van der Waals surface area contributed by atoms with Gasteiger partial charge in [0.15, 0.2) is 0 Å². The molecule has 0 bridgehead atoms. The van der Waals surface area contributed by atoms with Crippen LogP contribution in [0.2, 0.25) is 0 Å². The Labute approximate surface area is 154 Å². The number of benzene rings is 2. The molecule has 0 unspecified atom stereocenters. The highest BCUT2D eigenvalue weighted by Gasteiger charge is 2.15. The highest BCUT2D eigenvalue weighted by molar-refractivity contribution is 5.93. The lowest BCUT2D eigenvalue weighted by atomic mass is 10.1. The molecule has 2 amide bonds. The first-order valence-corrected chi connectivity index (χ1v) is 8.94. The number of carbonyl (C=O) groups is 2. The summed E-state index contributed by atoms with van der Waals surface area (Å²) < 4.78 is 13.4. The molecule has 0 fully saturated rings. The van der Waals surface area contributed by atoms with Crippen molar-refractivity contribution in [3.63, 3.8) is 0 Å². The van der Waals surface area contributed by atoms with E-state index in [2.05, 4.69) is 5.32 Å². The van der Waals surface area contributed by atoms with E-state index in [1.807, 2.05) is 31.2 Å². The molecule has 2 rings (SSSR count). The van der Waals surface area contributed by atoms with Crippen LogP contribution < -0.4 is 10.2 Å². The number of nitrogens with one attached hydrogen (secondary N) is 1. The van der Waals surface area contributed by atoms with Crippen molar-refractivity contribution in [3.05, 3.63) is 65.5 Å². The third kappa shape index (κ3) is 5.69. The summed E-state index contributed by atoms with van der Waals surface area (Å²) in [4.78, 5) is 25.8. The van der Waals surface area contributed by atoms with E-state index in [0.29, 0.717) is 25.9 Å². The second-order valence-corrected chi connectivity index (χ2v) is 6.16. The van der Waals surface area contributed by atoms with Crippen LogP contribution in [0, 0.1) is 5.82 Å². The maximum Gasteiger partial charge on any atom is 0.227 e.